The lowest BCUT2D eigenvalue weighted by Crippen LogP contribution is -2.50. The number of aryl methyl sites for hydroxylation is 1. The van der Waals surface area contributed by atoms with E-state index in [2.05, 4.69) is 12.0 Å². The molecule has 0 saturated heterocycles. The number of methoxy groups -OCH3 is 1. The topological polar surface area (TPSA) is 47.3 Å². The molecule has 1 N–H and O–H groups in total. The molecular formula is C12H20N2O2. The number of hydrogen-bond donors (Lipinski definition) is 1. The van der Waals surface area contributed by atoms with E-state index in [9.17, 15) is 5.11 Å². The van der Waals surface area contributed by atoms with Crippen molar-refractivity contribution in [3.63, 3.8) is 0 Å². The largest absolute Gasteiger partial charge is 0.390 e. The molecule has 1 fully saturated rings. The van der Waals surface area contributed by atoms with Gasteiger partial charge in [0.05, 0.1) is 17.9 Å². The van der Waals surface area contributed by atoms with Crippen LogP contribution in [-0.2, 0) is 17.7 Å². The van der Waals surface area contributed by atoms with Gasteiger partial charge in [-0.3, -0.25) is 4.68 Å². The Hall–Kier alpha value is -0.870. The van der Waals surface area contributed by atoms with Crippen molar-refractivity contribution < 1.29 is 9.84 Å². The van der Waals surface area contributed by atoms with Gasteiger partial charge in [0.2, 0.25) is 0 Å². The maximum atomic E-state index is 10.2. The number of aliphatic hydroxyl groups is 1. The highest BCUT2D eigenvalue weighted by atomic mass is 16.5. The third-order valence-corrected chi connectivity index (χ3v) is 3.65. The molecule has 0 aliphatic heterocycles. The Bertz CT molecular complexity index is 339. The highest BCUT2D eigenvalue weighted by Crippen LogP contribution is 2.39. The Kier molecular flexibility index (Phi) is 3.30. The van der Waals surface area contributed by atoms with E-state index in [1.54, 1.807) is 7.11 Å². The van der Waals surface area contributed by atoms with Crippen molar-refractivity contribution in [3.8, 4) is 0 Å². The zero-order valence-electron chi connectivity index (χ0n) is 10.0. The highest BCUT2D eigenvalue weighted by Gasteiger charge is 2.43. The van der Waals surface area contributed by atoms with E-state index < -0.39 is 6.10 Å². The first-order valence-corrected chi connectivity index (χ1v) is 5.95. The number of nitrogens with zero attached hydrogens (tertiary/aromatic N) is 2. The van der Waals surface area contributed by atoms with Crippen LogP contribution in [0.4, 0.5) is 0 Å². The first kappa shape index (κ1) is 11.6. The van der Waals surface area contributed by atoms with Gasteiger partial charge in [-0.25, -0.2) is 0 Å². The van der Waals surface area contributed by atoms with E-state index in [1.807, 2.05) is 17.1 Å². The summed E-state index contributed by atoms with van der Waals surface area (Å²) in [6.07, 6.45) is 7.12. The van der Waals surface area contributed by atoms with Gasteiger partial charge < -0.3 is 9.84 Å². The number of rotatable bonds is 5. The zero-order chi connectivity index (χ0) is 11.6. The third kappa shape index (κ3) is 1.99. The molecule has 0 spiro atoms. The molecule has 1 atom stereocenters. The summed E-state index contributed by atoms with van der Waals surface area (Å²) < 4.78 is 7.34. The van der Waals surface area contributed by atoms with E-state index in [1.165, 1.54) is 0 Å². The number of ether oxygens (including phenoxy) is 1. The lowest BCUT2D eigenvalue weighted by Gasteiger charge is -2.44. The summed E-state index contributed by atoms with van der Waals surface area (Å²) in [6, 6.07) is 0. The lowest BCUT2D eigenvalue weighted by molar-refractivity contribution is -0.148. The Morgan fingerprint density at radius 1 is 1.62 bits per heavy atom. The molecular weight excluding hydrogens is 204 g/mol. The summed E-state index contributed by atoms with van der Waals surface area (Å²) in [5, 5.41) is 14.4. The Labute approximate surface area is 96.2 Å². The fraction of sp³-hybridized carbons (Fsp3) is 0.750. The van der Waals surface area contributed by atoms with Crippen molar-refractivity contribution in [2.75, 3.05) is 7.11 Å². The van der Waals surface area contributed by atoms with Crippen LogP contribution in [0.3, 0.4) is 0 Å². The van der Waals surface area contributed by atoms with Crippen molar-refractivity contribution in [1.82, 2.24) is 9.78 Å². The molecule has 1 aliphatic rings. The minimum Gasteiger partial charge on any atom is -0.390 e. The molecule has 2 rings (SSSR count). The van der Waals surface area contributed by atoms with Crippen LogP contribution >= 0.6 is 0 Å². The van der Waals surface area contributed by atoms with Crippen LogP contribution in [0.15, 0.2) is 12.4 Å². The molecule has 0 bridgehead atoms. The predicted octanol–water partition coefficient (Wildman–Crippen LogP) is 1.38. The third-order valence-electron chi connectivity index (χ3n) is 3.65. The zero-order valence-corrected chi connectivity index (χ0v) is 10.0. The molecule has 16 heavy (non-hydrogen) atoms. The van der Waals surface area contributed by atoms with E-state index in [-0.39, 0.29) is 5.60 Å². The van der Waals surface area contributed by atoms with E-state index in [4.69, 9.17) is 4.74 Å². The standard InChI is InChI=1S/C12H20N2O2/c1-3-14-9-10(8-13-14)7-11(15)12(16-2)5-4-6-12/h8-9,11,15H,3-7H2,1-2H3. The van der Waals surface area contributed by atoms with E-state index in [0.717, 1.165) is 31.4 Å². The van der Waals surface area contributed by atoms with Crippen LogP contribution in [0.25, 0.3) is 0 Å². The van der Waals surface area contributed by atoms with Gasteiger partial charge in [0, 0.05) is 26.3 Å². The average Bonchev–Trinajstić information content (AvgIpc) is 2.64. The molecule has 1 heterocycles. The number of hydrogen-bond acceptors (Lipinski definition) is 3. The van der Waals surface area contributed by atoms with Gasteiger partial charge in [0.25, 0.3) is 0 Å². The molecule has 0 amide bonds. The molecule has 1 unspecified atom stereocenters. The van der Waals surface area contributed by atoms with Crippen molar-refractivity contribution in [2.24, 2.45) is 0 Å². The quantitative estimate of drug-likeness (QED) is 0.822. The normalized spacial score (nSPS) is 20.4. The van der Waals surface area contributed by atoms with Crippen molar-refractivity contribution in [2.45, 2.75) is 50.9 Å². The minimum absolute atomic E-state index is 0.297. The second kappa shape index (κ2) is 4.55. The predicted molar refractivity (Wildman–Crippen MR) is 61.2 cm³/mol. The van der Waals surface area contributed by atoms with Crippen LogP contribution in [0.5, 0.6) is 0 Å². The first-order chi connectivity index (χ1) is 7.70. The van der Waals surface area contributed by atoms with E-state index in [0.29, 0.717) is 6.42 Å². The summed E-state index contributed by atoms with van der Waals surface area (Å²) in [5.74, 6) is 0. The molecule has 1 aliphatic carbocycles. The van der Waals surface area contributed by atoms with Gasteiger partial charge in [-0.05, 0) is 31.7 Å². The minimum atomic E-state index is -0.416. The summed E-state index contributed by atoms with van der Waals surface area (Å²) >= 11 is 0. The molecule has 1 aromatic heterocycles. The van der Waals surface area contributed by atoms with Crippen LogP contribution in [0.1, 0.15) is 31.7 Å². The van der Waals surface area contributed by atoms with Gasteiger partial charge >= 0.3 is 0 Å². The summed E-state index contributed by atoms with van der Waals surface area (Å²) in [5.41, 5.74) is 0.784. The number of aromatic nitrogens is 2. The first-order valence-electron chi connectivity index (χ1n) is 5.95. The SMILES string of the molecule is CCn1cc(CC(O)C2(OC)CCC2)cn1. The van der Waals surface area contributed by atoms with Gasteiger partial charge in [-0.2, -0.15) is 5.10 Å². The van der Waals surface area contributed by atoms with Crippen LogP contribution in [0, 0.1) is 0 Å². The van der Waals surface area contributed by atoms with Crippen molar-refractivity contribution >= 4 is 0 Å². The summed E-state index contributed by atoms with van der Waals surface area (Å²) in [7, 11) is 1.69. The van der Waals surface area contributed by atoms with Crippen LogP contribution < -0.4 is 0 Å². The average molecular weight is 224 g/mol. The van der Waals surface area contributed by atoms with Gasteiger partial charge in [0.1, 0.15) is 0 Å². The monoisotopic (exact) mass is 224 g/mol. The fourth-order valence-electron chi connectivity index (χ4n) is 2.29. The molecule has 1 saturated carbocycles. The molecule has 4 heteroatoms. The van der Waals surface area contributed by atoms with Gasteiger partial charge in [-0.1, -0.05) is 0 Å². The van der Waals surface area contributed by atoms with E-state index >= 15 is 0 Å². The molecule has 1 aromatic rings. The maximum absolute atomic E-state index is 10.2. The fourth-order valence-corrected chi connectivity index (χ4v) is 2.29. The van der Waals surface area contributed by atoms with Crippen LogP contribution in [0.2, 0.25) is 0 Å². The smallest absolute Gasteiger partial charge is 0.0939 e. The summed E-state index contributed by atoms with van der Waals surface area (Å²) in [6.45, 7) is 2.92. The van der Waals surface area contributed by atoms with Crippen LogP contribution in [-0.4, -0.2) is 33.7 Å². The Morgan fingerprint density at radius 2 is 2.38 bits per heavy atom. The molecule has 90 valence electrons. The Morgan fingerprint density at radius 3 is 2.81 bits per heavy atom. The van der Waals surface area contributed by atoms with Crippen molar-refractivity contribution in [3.05, 3.63) is 18.0 Å². The second-order valence-electron chi connectivity index (χ2n) is 4.55. The highest BCUT2D eigenvalue weighted by molar-refractivity contribution is 5.09. The lowest BCUT2D eigenvalue weighted by atomic mass is 9.74. The van der Waals surface area contributed by atoms with Gasteiger partial charge in [-0.15, -0.1) is 0 Å². The molecule has 0 aromatic carbocycles. The van der Waals surface area contributed by atoms with Crippen molar-refractivity contribution in [1.29, 1.82) is 0 Å². The number of aliphatic hydroxyl groups excluding tert-OH is 1. The van der Waals surface area contributed by atoms with Gasteiger partial charge in [0.15, 0.2) is 0 Å². The second-order valence-corrected chi connectivity index (χ2v) is 4.55. The Balaban J connectivity index is 1.98. The molecule has 0 radical (unpaired) electrons. The summed E-state index contributed by atoms with van der Waals surface area (Å²) in [4.78, 5) is 0. The molecule has 4 nitrogen and oxygen atoms in total. The maximum Gasteiger partial charge on any atom is 0.0939 e.